The summed E-state index contributed by atoms with van der Waals surface area (Å²) in [7, 11) is 0. The van der Waals surface area contributed by atoms with Gasteiger partial charge in [-0.25, -0.2) is 0 Å². The van der Waals surface area contributed by atoms with Crippen molar-refractivity contribution in [2.45, 2.75) is 13.1 Å². The Morgan fingerprint density at radius 1 is 1.00 bits per heavy atom. The Morgan fingerprint density at radius 2 is 1.85 bits per heavy atom. The molecule has 1 heterocycles. The smallest absolute Gasteiger partial charge is 0.0490 e. The van der Waals surface area contributed by atoms with Crippen LogP contribution < -0.4 is 5.73 Å². The average Bonchev–Trinajstić information content (AvgIpc) is 2.84. The van der Waals surface area contributed by atoms with Crippen LogP contribution in [0.5, 0.6) is 0 Å². The number of aromatic nitrogens is 1. The molecule has 2 nitrogen and oxygen atoms in total. The molecule has 2 N–H and O–H groups in total. The molecule has 0 atom stereocenters. The molecule has 0 amide bonds. The highest BCUT2D eigenvalue weighted by atomic mass is 35.5. The maximum atomic E-state index is 6.23. The van der Waals surface area contributed by atoms with E-state index in [-0.39, 0.29) is 0 Å². The number of nitrogens with two attached hydrogens (primary N) is 1. The van der Waals surface area contributed by atoms with Crippen LogP contribution in [0.1, 0.15) is 11.1 Å². The number of hydrogen-bond donors (Lipinski definition) is 1. The van der Waals surface area contributed by atoms with Crippen molar-refractivity contribution < 1.29 is 0 Å². The monoisotopic (exact) mass is 304 g/mol. The highest BCUT2D eigenvalue weighted by Gasteiger charge is 2.06. The van der Waals surface area contributed by atoms with Gasteiger partial charge in [0.05, 0.1) is 0 Å². The van der Waals surface area contributed by atoms with Crippen LogP contribution in [0, 0.1) is 0 Å². The summed E-state index contributed by atoms with van der Waals surface area (Å²) in [4.78, 5) is 0. The Morgan fingerprint density at radius 3 is 2.60 bits per heavy atom. The Bertz CT molecular complexity index is 762. The van der Waals surface area contributed by atoms with E-state index in [1.807, 2.05) is 12.1 Å². The summed E-state index contributed by atoms with van der Waals surface area (Å²) in [5.74, 6) is 0. The molecule has 102 valence electrons. The van der Waals surface area contributed by atoms with Crippen LogP contribution in [-0.4, -0.2) is 4.57 Å². The second kappa shape index (κ2) is 5.49. The van der Waals surface area contributed by atoms with Crippen molar-refractivity contribution in [3.05, 3.63) is 69.8 Å². The first-order chi connectivity index (χ1) is 9.67. The Balaban J connectivity index is 1.98. The summed E-state index contributed by atoms with van der Waals surface area (Å²) in [6, 6.07) is 14.0. The molecular weight excluding hydrogens is 291 g/mol. The lowest BCUT2D eigenvalue weighted by molar-refractivity contribution is 0.837. The third-order valence-corrected chi connectivity index (χ3v) is 4.01. The van der Waals surface area contributed by atoms with Crippen molar-refractivity contribution in [3.8, 4) is 0 Å². The van der Waals surface area contributed by atoms with Gasteiger partial charge in [-0.05, 0) is 46.8 Å². The van der Waals surface area contributed by atoms with E-state index in [1.54, 1.807) is 6.07 Å². The third kappa shape index (κ3) is 2.55. The lowest BCUT2D eigenvalue weighted by atomic mass is 10.1. The lowest BCUT2D eigenvalue weighted by Crippen LogP contribution is -1.99. The molecular formula is C16H14Cl2N2. The molecule has 0 saturated heterocycles. The van der Waals surface area contributed by atoms with E-state index < -0.39 is 0 Å². The van der Waals surface area contributed by atoms with Gasteiger partial charge < -0.3 is 10.3 Å². The van der Waals surface area contributed by atoms with Crippen molar-refractivity contribution in [2.75, 3.05) is 0 Å². The lowest BCUT2D eigenvalue weighted by Gasteiger charge is -2.08. The minimum absolute atomic E-state index is 0.560. The first-order valence-electron chi connectivity index (χ1n) is 6.39. The quantitative estimate of drug-likeness (QED) is 0.761. The molecule has 0 spiro atoms. The zero-order valence-corrected chi connectivity index (χ0v) is 12.3. The zero-order chi connectivity index (χ0) is 14.1. The van der Waals surface area contributed by atoms with Crippen molar-refractivity contribution >= 4 is 34.1 Å². The predicted octanol–water partition coefficient (Wildman–Crippen LogP) is 4.46. The molecule has 0 bridgehead atoms. The molecule has 3 aromatic rings. The van der Waals surface area contributed by atoms with Gasteiger partial charge in [0.1, 0.15) is 0 Å². The van der Waals surface area contributed by atoms with Crippen LogP contribution in [0.2, 0.25) is 10.0 Å². The van der Waals surface area contributed by atoms with E-state index in [0.717, 1.165) is 17.7 Å². The summed E-state index contributed by atoms with van der Waals surface area (Å²) in [6.45, 7) is 1.28. The molecule has 0 unspecified atom stereocenters. The van der Waals surface area contributed by atoms with Crippen LogP contribution in [0.3, 0.4) is 0 Å². The van der Waals surface area contributed by atoms with E-state index in [2.05, 4.69) is 35.0 Å². The van der Waals surface area contributed by atoms with Gasteiger partial charge in [-0.3, -0.25) is 0 Å². The predicted molar refractivity (Wildman–Crippen MR) is 85.4 cm³/mol. The fourth-order valence-electron chi connectivity index (χ4n) is 2.35. The molecule has 0 aliphatic carbocycles. The first kappa shape index (κ1) is 13.5. The molecule has 0 saturated carbocycles. The second-order valence-corrected chi connectivity index (χ2v) is 5.62. The minimum atomic E-state index is 0.560. The van der Waals surface area contributed by atoms with Crippen LogP contribution in [0.25, 0.3) is 10.9 Å². The molecule has 20 heavy (non-hydrogen) atoms. The molecule has 0 fully saturated rings. The summed E-state index contributed by atoms with van der Waals surface area (Å²) in [5, 5.41) is 2.54. The largest absolute Gasteiger partial charge is 0.343 e. The van der Waals surface area contributed by atoms with E-state index in [4.69, 9.17) is 28.9 Å². The molecule has 4 heteroatoms. The van der Waals surface area contributed by atoms with Crippen LogP contribution in [0.4, 0.5) is 0 Å². The molecule has 0 aliphatic rings. The normalized spacial score (nSPS) is 11.2. The summed E-state index contributed by atoms with van der Waals surface area (Å²) >= 11 is 12.2. The standard InChI is InChI=1S/C16H14Cl2N2/c17-14-3-2-13(15(18)8-14)10-20-6-5-12-7-11(9-19)1-4-16(12)20/h1-8H,9-10,19H2. The van der Waals surface area contributed by atoms with Crippen molar-refractivity contribution in [1.29, 1.82) is 0 Å². The number of halogens is 2. The van der Waals surface area contributed by atoms with Gasteiger partial charge in [-0.1, -0.05) is 35.3 Å². The number of hydrogen-bond acceptors (Lipinski definition) is 1. The Labute approximate surface area is 127 Å². The highest BCUT2D eigenvalue weighted by Crippen LogP contribution is 2.24. The Hall–Kier alpha value is -1.48. The van der Waals surface area contributed by atoms with Crippen molar-refractivity contribution in [2.24, 2.45) is 5.73 Å². The van der Waals surface area contributed by atoms with Gasteiger partial charge in [0.15, 0.2) is 0 Å². The van der Waals surface area contributed by atoms with Crippen molar-refractivity contribution in [3.63, 3.8) is 0 Å². The number of fused-ring (bicyclic) bond motifs is 1. The topological polar surface area (TPSA) is 30.9 Å². The maximum absolute atomic E-state index is 6.23. The second-order valence-electron chi connectivity index (χ2n) is 4.78. The van der Waals surface area contributed by atoms with Gasteiger partial charge >= 0.3 is 0 Å². The SMILES string of the molecule is NCc1ccc2c(ccn2Cc2ccc(Cl)cc2Cl)c1. The van der Waals surface area contributed by atoms with Crippen molar-refractivity contribution in [1.82, 2.24) is 4.57 Å². The first-order valence-corrected chi connectivity index (χ1v) is 7.15. The van der Waals surface area contributed by atoms with E-state index in [0.29, 0.717) is 16.6 Å². The van der Waals surface area contributed by atoms with Gasteiger partial charge in [-0.2, -0.15) is 0 Å². The highest BCUT2D eigenvalue weighted by molar-refractivity contribution is 6.35. The average molecular weight is 305 g/mol. The molecule has 0 radical (unpaired) electrons. The van der Waals surface area contributed by atoms with Gasteiger partial charge in [0.25, 0.3) is 0 Å². The number of nitrogens with zero attached hydrogens (tertiary/aromatic N) is 1. The molecule has 0 aliphatic heterocycles. The fourth-order valence-corrected chi connectivity index (χ4v) is 2.82. The molecule has 3 rings (SSSR count). The summed E-state index contributed by atoms with van der Waals surface area (Å²) < 4.78 is 2.17. The van der Waals surface area contributed by atoms with E-state index in [1.165, 1.54) is 10.9 Å². The minimum Gasteiger partial charge on any atom is -0.343 e. The molecule has 1 aromatic heterocycles. The Kier molecular flexibility index (Phi) is 3.70. The zero-order valence-electron chi connectivity index (χ0n) is 10.8. The van der Waals surface area contributed by atoms with E-state index >= 15 is 0 Å². The molecule has 2 aromatic carbocycles. The van der Waals surface area contributed by atoms with Crippen LogP contribution in [0.15, 0.2) is 48.7 Å². The van der Waals surface area contributed by atoms with Gasteiger partial charge in [0.2, 0.25) is 0 Å². The fraction of sp³-hybridized carbons (Fsp3) is 0.125. The number of benzene rings is 2. The van der Waals surface area contributed by atoms with Gasteiger partial charge in [-0.15, -0.1) is 0 Å². The van der Waals surface area contributed by atoms with E-state index in [9.17, 15) is 0 Å². The number of rotatable bonds is 3. The van der Waals surface area contributed by atoms with Gasteiger partial charge in [0, 0.05) is 34.8 Å². The summed E-state index contributed by atoms with van der Waals surface area (Å²) in [5.41, 5.74) is 9.03. The maximum Gasteiger partial charge on any atom is 0.0490 e. The summed E-state index contributed by atoms with van der Waals surface area (Å²) in [6.07, 6.45) is 2.07. The van der Waals surface area contributed by atoms with Crippen LogP contribution >= 0.6 is 23.2 Å². The van der Waals surface area contributed by atoms with Crippen LogP contribution in [-0.2, 0) is 13.1 Å². The third-order valence-electron chi connectivity index (χ3n) is 3.43.